The quantitative estimate of drug-likeness (QED) is 0.133. The molecule has 0 N–H and O–H groups in total. The van der Waals surface area contributed by atoms with Crippen molar-refractivity contribution >= 4 is 17.6 Å². The number of methoxy groups -OCH3 is 1. The molecule has 0 aliphatic rings. The molecule has 3 aromatic carbocycles. The van der Waals surface area contributed by atoms with Crippen LogP contribution in [0.5, 0.6) is 11.5 Å². The Kier molecular flexibility index (Phi) is 8.05. The number of rotatable bonds is 10. The zero-order chi connectivity index (χ0) is 23.8. The van der Waals surface area contributed by atoms with Crippen LogP contribution in [0.2, 0.25) is 0 Å². The van der Waals surface area contributed by atoms with Crippen LogP contribution >= 0.6 is 11.3 Å². The van der Waals surface area contributed by atoms with Gasteiger partial charge in [0.2, 0.25) is 21.1 Å². The van der Waals surface area contributed by atoms with Gasteiger partial charge in [-0.15, -0.1) is 0 Å². The van der Waals surface area contributed by atoms with Crippen molar-refractivity contribution in [3.8, 4) is 43.5 Å². The highest BCUT2D eigenvalue weighted by Gasteiger charge is 2.19. The molecule has 0 bridgehead atoms. The van der Waals surface area contributed by atoms with Gasteiger partial charge >= 0.3 is 0 Å². The number of unbranched alkanes of at least 4 members (excludes halogenated alkanes) is 2. The first kappa shape index (κ1) is 23.7. The molecule has 0 saturated heterocycles. The summed E-state index contributed by atoms with van der Waals surface area (Å²) in [4.78, 5) is 13.4. The Morgan fingerprint density at radius 3 is 1.82 bits per heavy atom. The van der Waals surface area contributed by atoms with E-state index in [0.717, 1.165) is 62.8 Å². The second kappa shape index (κ2) is 11.6. The number of ether oxygens (including phenoxy) is 2. The molecule has 1 aromatic heterocycles. The number of carbonyl (C=O) groups excluding carboxylic acids is 1. The lowest BCUT2D eigenvalue weighted by Gasteiger charge is -2.08. The van der Waals surface area contributed by atoms with Crippen LogP contribution in [0.4, 0.5) is 0 Å². The van der Waals surface area contributed by atoms with Gasteiger partial charge in [0.25, 0.3) is 0 Å². The van der Waals surface area contributed by atoms with Crippen LogP contribution in [0.1, 0.15) is 36.5 Å². The van der Waals surface area contributed by atoms with Gasteiger partial charge in [0.05, 0.1) is 13.7 Å². The number of carbonyl (C=O) groups is 1. The zero-order valence-electron chi connectivity index (χ0n) is 19.6. The summed E-state index contributed by atoms with van der Waals surface area (Å²) >= 11 is 1.73. The van der Waals surface area contributed by atoms with Gasteiger partial charge in [-0.1, -0.05) is 44.0 Å². The molecule has 0 unspecified atom stereocenters. The van der Waals surface area contributed by atoms with Gasteiger partial charge in [-0.3, -0.25) is 4.79 Å². The normalized spacial score (nSPS) is 10.6. The van der Waals surface area contributed by atoms with Crippen LogP contribution in [-0.4, -0.2) is 20.0 Å². The molecule has 0 aliphatic heterocycles. The van der Waals surface area contributed by atoms with E-state index in [1.54, 1.807) is 18.4 Å². The monoisotopic (exact) mass is 469 g/mol. The molecule has 1 heterocycles. The minimum absolute atomic E-state index is 0.676. The smallest absolute Gasteiger partial charge is 0.239 e. The van der Waals surface area contributed by atoms with Gasteiger partial charge in [-0.2, -0.15) is 0 Å². The highest BCUT2D eigenvalue weighted by molar-refractivity contribution is 7.18. The van der Waals surface area contributed by atoms with E-state index in [9.17, 15) is 4.79 Å². The molecule has 34 heavy (non-hydrogen) atoms. The fourth-order valence-corrected chi connectivity index (χ4v) is 4.84. The fourth-order valence-electron chi connectivity index (χ4n) is 3.72. The van der Waals surface area contributed by atoms with Crippen LogP contribution < -0.4 is 9.47 Å². The van der Waals surface area contributed by atoms with Crippen LogP contribution in [0.15, 0.2) is 84.9 Å². The van der Waals surface area contributed by atoms with Crippen molar-refractivity contribution in [1.82, 2.24) is 0 Å². The molecular weight excluding hydrogens is 440 g/mol. The molecular formula is C30H29O3S+. The van der Waals surface area contributed by atoms with Gasteiger partial charge in [-0.25, -0.2) is 0 Å². The maximum Gasteiger partial charge on any atom is 0.239 e. The van der Waals surface area contributed by atoms with Crippen LogP contribution in [0.25, 0.3) is 32.0 Å². The summed E-state index contributed by atoms with van der Waals surface area (Å²) in [6.45, 7) is 2.95. The van der Waals surface area contributed by atoms with Gasteiger partial charge in [0.1, 0.15) is 17.8 Å². The minimum atomic E-state index is 0.676. The summed E-state index contributed by atoms with van der Waals surface area (Å²) in [7, 11) is 1.68. The van der Waals surface area contributed by atoms with E-state index in [4.69, 9.17) is 9.47 Å². The highest BCUT2D eigenvalue weighted by atomic mass is 32.1. The van der Waals surface area contributed by atoms with Gasteiger partial charge in [0, 0.05) is 28.8 Å². The molecule has 0 saturated carbocycles. The average molecular weight is 470 g/mol. The van der Waals surface area contributed by atoms with E-state index in [0.29, 0.717) is 5.56 Å². The molecule has 172 valence electrons. The first-order valence-electron chi connectivity index (χ1n) is 11.6. The largest absolute Gasteiger partial charge is 0.497 e. The van der Waals surface area contributed by atoms with Crippen molar-refractivity contribution in [1.29, 1.82) is 0 Å². The molecule has 0 atom stereocenters. The molecule has 0 spiro atoms. The Bertz CT molecular complexity index is 1210. The standard InChI is InChI=1S/C30H29O3S/c1-3-4-5-18-33-28-16-10-23(11-17-28)26-19-29(24-8-6-22(21-31)7-9-24)34-30(20-26)25-12-14-27(32-2)15-13-25/h6-17,19-21H,3-5,18H2,1-2H3/q+1. The van der Waals surface area contributed by atoms with Crippen molar-refractivity contribution in [2.75, 3.05) is 13.7 Å². The zero-order valence-corrected chi connectivity index (χ0v) is 20.4. The van der Waals surface area contributed by atoms with Gasteiger partial charge in [-0.05, 0) is 66.1 Å². The van der Waals surface area contributed by atoms with E-state index in [1.807, 2.05) is 48.5 Å². The fraction of sp³-hybridized carbons (Fsp3) is 0.200. The van der Waals surface area contributed by atoms with E-state index < -0.39 is 0 Å². The van der Waals surface area contributed by atoms with Crippen molar-refractivity contribution in [3.63, 3.8) is 0 Å². The van der Waals surface area contributed by atoms with Crippen LogP contribution in [0.3, 0.4) is 0 Å². The Hall–Kier alpha value is -3.50. The summed E-state index contributed by atoms with van der Waals surface area (Å²) in [5.41, 5.74) is 5.16. The second-order valence-corrected chi connectivity index (χ2v) is 9.21. The lowest BCUT2D eigenvalue weighted by molar-refractivity contribution is 0.112. The minimum Gasteiger partial charge on any atom is -0.497 e. The lowest BCUT2D eigenvalue weighted by Crippen LogP contribution is -1.96. The Morgan fingerprint density at radius 2 is 1.26 bits per heavy atom. The van der Waals surface area contributed by atoms with Crippen molar-refractivity contribution in [2.45, 2.75) is 26.2 Å². The molecule has 4 rings (SSSR count). The molecule has 0 aliphatic carbocycles. The molecule has 0 amide bonds. The predicted octanol–water partition coefficient (Wildman–Crippen LogP) is 8.42. The topological polar surface area (TPSA) is 35.5 Å². The summed E-state index contributed by atoms with van der Waals surface area (Å²) in [6.07, 6.45) is 4.33. The Morgan fingerprint density at radius 1 is 0.706 bits per heavy atom. The maximum absolute atomic E-state index is 11.1. The third-order valence-corrected chi connectivity index (χ3v) is 6.85. The molecule has 3 nitrogen and oxygen atoms in total. The predicted molar refractivity (Wildman–Crippen MR) is 142 cm³/mol. The third kappa shape index (κ3) is 5.89. The lowest BCUT2D eigenvalue weighted by atomic mass is 10.0. The summed E-state index contributed by atoms with van der Waals surface area (Å²) < 4.78 is 11.2. The van der Waals surface area contributed by atoms with Gasteiger partial charge in [0.15, 0.2) is 0 Å². The molecule has 0 fully saturated rings. The number of hydrogen-bond acceptors (Lipinski definition) is 3. The van der Waals surface area contributed by atoms with E-state index >= 15 is 0 Å². The first-order valence-corrected chi connectivity index (χ1v) is 12.4. The number of aldehydes is 1. The molecule has 0 radical (unpaired) electrons. The van der Waals surface area contributed by atoms with E-state index in [1.165, 1.54) is 12.8 Å². The van der Waals surface area contributed by atoms with Crippen LogP contribution in [0, 0.1) is 0 Å². The second-order valence-electron chi connectivity index (χ2n) is 8.12. The summed E-state index contributed by atoms with van der Waals surface area (Å²) in [5, 5.41) is 0. The maximum atomic E-state index is 11.1. The molecule has 4 heteroatoms. The number of benzene rings is 3. The SMILES string of the molecule is CCCCCOc1ccc(-c2cc(-c3ccc(C=O)cc3)[s+]c(-c3ccc(OC)cc3)c2)cc1. The Balaban J connectivity index is 1.69. The average Bonchev–Trinajstić information content (AvgIpc) is 2.91. The highest BCUT2D eigenvalue weighted by Crippen LogP contribution is 2.38. The van der Waals surface area contributed by atoms with Gasteiger partial charge < -0.3 is 9.47 Å². The van der Waals surface area contributed by atoms with Crippen molar-refractivity contribution in [3.05, 3.63) is 90.5 Å². The Labute approximate surface area is 205 Å². The summed E-state index contributed by atoms with van der Waals surface area (Å²) in [5.74, 6) is 1.74. The van der Waals surface area contributed by atoms with E-state index in [2.05, 4.69) is 43.3 Å². The summed E-state index contributed by atoms with van der Waals surface area (Å²) in [6, 6.07) is 28.6. The molecule has 4 aromatic rings. The van der Waals surface area contributed by atoms with E-state index in [-0.39, 0.29) is 0 Å². The van der Waals surface area contributed by atoms with Crippen LogP contribution in [-0.2, 0) is 0 Å². The van der Waals surface area contributed by atoms with Crippen molar-refractivity contribution in [2.24, 2.45) is 0 Å². The first-order chi connectivity index (χ1) is 16.7. The third-order valence-electron chi connectivity index (χ3n) is 5.70. The van der Waals surface area contributed by atoms with Crippen molar-refractivity contribution < 1.29 is 14.3 Å². The number of hydrogen-bond donors (Lipinski definition) is 0.